The summed E-state index contributed by atoms with van der Waals surface area (Å²) in [5, 5.41) is 0.728. The van der Waals surface area contributed by atoms with Crippen LogP contribution in [-0.2, 0) is 11.9 Å². The van der Waals surface area contributed by atoms with Crippen molar-refractivity contribution in [2.24, 2.45) is 0 Å². The predicted octanol–water partition coefficient (Wildman–Crippen LogP) is 5.37. The van der Waals surface area contributed by atoms with Gasteiger partial charge in [-0.15, -0.1) is 0 Å². The average molecular weight is 388 g/mol. The van der Waals surface area contributed by atoms with Crippen LogP contribution in [0.15, 0.2) is 40.9 Å². The normalized spacial score (nSPS) is 10.5. The van der Waals surface area contributed by atoms with Crippen molar-refractivity contribution in [1.29, 1.82) is 0 Å². The lowest BCUT2D eigenvalue weighted by atomic mass is 10.1. The molecule has 19 heavy (non-hydrogen) atoms. The van der Waals surface area contributed by atoms with E-state index in [2.05, 4.69) is 31.9 Å². The summed E-state index contributed by atoms with van der Waals surface area (Å²) in [7, 11) is 0. The van der Waals surface area contributed by atoms with Crippen molar-refractivity contribution in [2.75, 3.05) is 0 Å². The minimum absolute atomic E-state index is 0.232. The lowest BCUT2D eigenvalue weighted by Gasteiger charge is -2.13. The monoisotopic (exact) mass is 386 g/mol. The zero-order valence-corrected chi connectivity index (χ0v) is 13.6. The first kappa shape index (κ1) is 14.5. The van der Waals surface area contributed by atoms with E-state index < -0.39 is 0 Å². The van der Waals surface area contributed by atoms with Crippen LogP contribution >= 0.6 is 31.9 Å². The summed E-state index contributed by atoms with van der Waals surface area (Å²) in [6.07, 6.45) is 0. The lowest BCUT2D eigenvalue weighted by molar-refractivity contribution is 0.301. The van der Waals surface area contributed by atoms with Gasteiger partial charge in [0.15, 0.2) is 0 Å². The first-order valence-electron chi connectivity index (χ1n) is 5.82. The molecule has 0 heterocycles. The molecule has 2 aromatic rings. The Hall–Kier alpha value is -0.870. The molecule has 0 fully saturated rings. The van der Waals surface area contributed by atoms with Crippen LogP contribution in [0.1, 0.15) is 16.7 Å². The molecule has 0 N–H and O–H groups in total. The maximum Gasteiger partial charge on any atom is 0.126 e. The van der Waals surface area contributed by atoms with E-state index >= 15 is 0 Å². The molecule has 4 heteroatoms. The summed E-state index contributed by atoms with van der Waals surface area (Å²) >= 11 is 6.94. The number of hydrogen-bond donors (Lipinski definition) is 0. The Morgan fingerprint density at radius 1 is 1.16 bits per heavy atom. The molecule has 0 aliphatic rings. The second kappa shape index (κ2) is 6.53. The molecule has 2 aromatic carbocycles. The van der Waals surface area contributed by atoms with Gasteiger partial charge in [0.1, 0.15) is 18.2 Å². The highest BCUT2D eigenvalue weighted by atomic mass is 79.9. The van der Waals surface area contributed by atoms with Crippen molar-refractivity contribution < 1.29 is 9.13 Å². The summed E-state index contributed by atoms with van der Waals surface area (Å²) in [4.78, 5) is 0. The first-order valence-corrected chi connectivity index (χ1v) is 7.74. The Labute approximate surface area is 129 Å². The van der Waals surface area contributed by atoms with Crippen molar-refractivity contribution in [2.45, 2.75) is 18.9 Å². The van der Waals surface area contributed by atoms with E-state index in [0.29, 0.717) is 6.61 Å². The summed E-state index contributed by atoms with van der Waals surface area (Å²) in [6, 6.07) is 10.4. The van der Waals surface area contributed by atoms with E-state index in [1.54, 1.807) is 12.1 Å². The second-order valence-electron chi connectivity index (χ2n) is 4.26. The highest BCUT2D eigenvalue weighted by molar-refractivity contribution is 9.10. The number of alkyl halides is 1. The number of aryl methyl sites for hydroxylation is 1. The van der Waals surface area contributed by atoms with Gasteiger partial charge in [-0.05, 0) is 42.3 Å². The fourth-order valence-corrected chi connectivity index (χ4v) is 2.88. The Morgan fingerprint density at radius 2 is 1.84 bits per heavy atom. The molecule has 100 valence electrons. The van der Waals surface area contributed by atoms with Gasteiger partial charge in [-0.2, -0.15) is 0 Å². The zero-order chi connectivity index (χ0) is 13.8. The number of ether oxygens (including phenoxy) is 1. The zero-order valence-electron chi connectivity index (χ0n) is 10.4. The molecule has 0 saturated heterocycles. The van der Waals surface area contributed by atoms with Gasteiger partial charge in [0.05, 0.1) is 0 Å². The Balaban J connectivity index is 2.17. The van der Waals surface area contributed by atoms with Crippen LogP contribution < -0.4 is 4.74 Å². The maximum absolute atomic E-state index is 12.8. The molecule has 2 rings (SSSR count). The maximum atomic E-state index is 12.8. The number of benzene rings is 2. The van der Waals surface area contributed by atoms with Crippen molar-refractivity contribution in [1.82, 2.24) is 0 Å². The summed E-state index contributed by atoms with van der Waals surface area (Å²) < 4.78 is 19.7. The molecule has 0 bridgehead atoms. The van der Waals surface area contributed by atoms with Gasteiger partial charge in [-0.3, -0.25) is 0 Å². The van der Waals surface area contributed by atoms with Gasteiger partial charge in [0.25, 0.3) is 0 Å². The quantitative estimate of drug-likeness (QED) is 0.640. The second-order valence-corrected chi connectivity index (χ2v) is 5.74. The Morgan fingerprint density at radius 3 is 2.47 bits per heavy atom. The van der Waals surface area contributed by atoms with Crippen LogP contribution in [0.2, 0.25) is 0 Å². The van der Waals surface area contributed by atoms with E-state index in [0.717, 1.165) is 32.2 Å². The number of halogens is 3. The first-order chi connectivity index (χ1) is 9.10. The van der Waals surface area contributed by atoms with Crippen LogP contribution in [0.4, 0.5) is 4.39 Å². The molecule has 0 atom stereocenters. The minimum atomic E-state index is -0.232. The van der Waals surface area contributed by atoms with Gasteiger partial charge in [-0.1, -0.05) is 44.0 Å². The fraction of sp³-hybridized carbons (Fsp3) is 0.200. The number of hydrogen-bond acceptors (Lipinski definition) is 1. The van der Waals surface area contributed by atoms with Crippen molar-refractivity contribution in [3.63, 3.8) is 0 Å². The smallest absolute Gasteiger partial charge is 0.126 e. The van der Waals surface area contributed by atoms with Gasteiger partial charge < -0.3 is 4.74 Å². The lowest BCUT2D eigenvalue weighted by Crippen LogP contribution is -2.00. The highest BCUT2D eigenvalue weighted by Crippen LogP contribution is 2.30. The SMILES string of the molecule is Cc1cc(Br)cc(CBr)c1OCc1ccc(F)cc1. The molecule has 0 radical (unpaired) electrons. The fourth-order valence-electron chi connectivity index (χ4n) is 1.84. The molecule has 0 saturated carbocycles. The van der Waals surface area contributed by atoms with E-state index in [9.17, 15) is 4.39 Å². The molecule has 0 unspecified atom stereocenters. The standard InChI is InChI=1S/C15H13Br2FO/c1-10-6-13(17)7-12(8-16)15(10)19-9-11-2-4-14(18)5-3-11/h2-7H,8-9H2,1H3. The molecule has 0 spiro atoms. The predicted molar refractivity (Wildman–Crippen MR) is 82.2 cm³/mol. The van der Waals surface area contributed by atoms with E-state index in [1.165, 1.54) is 12.1 Å². The van der Waals surface area contributed by atoms with Gasteiger partial charge >= 0.3 is 0 Å². The average Bonchev–Trinajstić information content (AvgIpc) is 2.39. The molecule has 0 aromatic heterocycles. The minimum Gasteiger partial charge on any atom is -0.488 e. The molecule has 0 aliphatic carbocycles. The van der Waals surface area contributed by atoms with Gasteiger partial charge in [-0.25, -0.2) is 4.39 Å². The third-order valence-corrected chi connectivity index (χ3v) is 3.82. The van der Waals surface area contributed by atoms with Crippen LogP contribution in [0, 0.1) is 12.7 Å². The largest absolute Gasteiger partial charge is 0.488 e. The van der Waals surface area contributed by atoms with Gasteiger partial charge in [0.2, 0.25) is 0 Å². The summed E-state index contributed by atoms with van der Waals surface area (Å²) in [5.41, 5.74) is 3.11. The van der Waals surface area contributed by atoms with E-state index in [1.807, 2.05) is 19.1 Å². The molecule has 0 amide bonds. The highest BCUT2D eigenvalue weighted by Gasteiger charge is 2.08. The Bertz CT molecular complexity index is 567. The van der Waals surface area contributed by atoms with Crippen molar-refractivity contribution >= 4 is 31.9 Å². The van der Waals surface area contributed by atoms with Gasteiger partial charge in [0, 0.05) is 15.4 Å². The van der Waals surface area contributed by atoms with E-state index in [-0.39, 0.29) is 5.82 Å². The molecule has 1 nitrogen and oxygen atoms in total. The topological polar surface area (TPSA) is 9.23 Å². The van der Waals surface area contributed by atoms with Crippen LogP contribution in [0.25, 0.3) is 0 Å². The van der Waals surface area contributed by atoms with Crippen molar-refractivity contribution in [3.8, 4) is 5.75 Å². The summed E-state index contributed by atoms with van der Waals surface area (Å²) in [6.45, 7) is 2.44. The molecular weight excluding hydrogens is 375 g/mol. The van der Waals surface area contributed by atoms with E-state index in [4.69, 9.17) is 4.74 Å². The third kappa shape index (κ3) is 3.80. The number of rotatable bonds is 4. The summed E-state index contributed by atoms with van der Waals surface area (Å²) in [5.74, 6) is 0.647. The van der Waals surface area contributed by atoms with Crippen LogP contribution in [0.3, 0.4) is 0 Å². The Kier molecular flexibility index (Phi) is 4.99. The van der Waals surface area contributed by atoms with Crippen LogP contribution in [0.5, 0.6) is 5.75 Å². The molecular formula is C15H13Br2FO. The molecule has 0 aliphatic heterocycles. The third-order valence-electron chi connectivity index (χ3n) is 2.76. The van der Waals surface area contributed by atoms with Crippen molar-refractivity contribution in [3.05, 3.63) is 63.4 Å². The van der Waals surface area contributed by atoms with Crippen LogP contribution in [-0.4, -0.2) is 0 Å².